The lowest BCUT2D eigenvalue weighted by molar-refractivity contribution is -0.159. The smallest absolute Gasteiger partial charge is 0.312 e. The fraction of sp³-hybridized carbons (Fsp3) is 0.733. The normalized spacial score (nSPS) is 27.3. The van der Waals surface area contributed by atoms with Gasteiger partial charge in [-0.1, -0.05) is 31.9 Å². The third kappa shape index (κ3) is 6.77. The molecule has 0 radical (unpaired) electrons. The molecule has 1 spiro atoms. The molecule has 2 N–H and O–H groups in total. The zero-order chi connectivity index (χ0) is 29.3. The number of allylic oxidation sites excluding steroid dienone is 1. The molecule has 40 heavy (non-hydrogen) atoms. The molecule has 10 heteroatoms. The highest BCUT2D eigenvalue weighted by atomic mass is 16.6. The lowest BCUT2D eigenvalue weighted by Crippen LogP contribution is -2.56. The number of nitrogens with one attached hydrogen (secondary N) is 1. The van der Waals surface area contributed by atoms with Crippen LogP contribution in [0, 0.1) is 11.8 Å². The van der Waals surface area contributed by atoms with Crippen molar-refractivity contribution in [3.05, 3.63) is 25.3 Å². The van der Waals surface area contributed by atoms with E-state index >= 15 is 0 Å². The summed E-state index contributed by atoms with van der Waals surface area (Å²) in [6, 6.07) is -0.838. The molecule has 3 saturated heterocycles. The number of nitrogens with zero attached hydrogens (tertiary/aromatic N) is 2. The Hall–Kier alpha value is -2.72. The third-order valence-corrected chi connectivity index (χ3v) is 8.29. The van der Waals surface area contributed by atoms with Crippen molar-refractivity contribution in [1.82, 2.24) is 15.1 Å². The number of ether oxygens (including phenoxy) is 2. The fourth-order valence-corrected chi connectivity index (χ4v) is 6.41. The molecule has 0 aromatic rings. The fourth-order valence-electron chi connectivity index (χ4n) is 6.41. The van der Waals surface area contributed by atoms with Crippen molar-refractivity contribution in [3.8, 4) is 0 Å². The molecule has 3 rings (SSSR count). The van der Waals surface area contributed by atoms with Gasteiger partial charge in [-0.25, -0.2) is 0 Å². The highest BCUT2D eigenvalue weighted by molar-refractivity contribution is 5.98. The van der Waals surface area contributed by atoms with Gasteiger partial charge in [0.25, 0.3) is 0 Å². The largest absolute Gasteiger partial charge is 0.460 e. The minimum Gasteiger partial charge on any atom is -0.460 e. The first-order chi connectivity index (χ1) is 19.2. The van der Waals surface area contributed by atoms with E-state index in [0.717, 1.165) is 19.3 Å². The van der Waals surface area contributed by atoms with Crippen molar-refractivity contribution in [1.29, 1.82) is 0 Å². The maximum atomic E-state index is 14.1. The number of likely N-dealkylation sites (tertiary alicyclic amines) is 1. The first-order valence-corrected chi connectivity index (χ1v) is 14.8. The summed E-state index contributed by atoms with van der Waals surface area (Å²) in [5.74, 6) is -2.76. The van der Waals surface area contributed by atoms with Gasteiger partial charge in [0.15, 0.2) is 0 Å². The van der Waals surface area contributed by atoms with Gasteiger partial charge in [0.2, 0.25) is 17.7 Å². The second-order valence-corrected chi connectivity index (χ2v) is 11.2. The number of esters is 1. The molecule has 0 unspecified atom stereocenters. The van der Waals surface area contributed by atoms with Crippen LogP contribution in [0.25, 0.3) is 0 Å². The van der Waals surface area contributed by atoms with Gasteiger partial charge in [-0.3, -0.25) is 19.2 Å². The van der Waals surface area contributed by atoms with Crippen LogP contribution in [0.2, 0.25) is 0 Å². The number of rotatable bonds is 18. The van der Waals surface area contributed by atoms with Gasteiger partial charge in [0.1, 0.15) is 17.7 Å². The molecule has 2 bridgehead atoms. The highest BCUT2D eigenvalue weighted by Gasteiger charge is 2.75. The Kier molecular flexibility index (Phi) is 11.7. The Morgan fingerprint density at radius 2 is 2.02 bits per heavy atom. The van der Waals surface area contributed by atoms with Crippen LogP contribution < -0.4 is 5.32 Å². The molecule has 6 atom stereocenters. The molecule has 3 amide bonds. The van der Waals surface area contributed by atoms with Crippen LogP contribution in [0.5, 0.6) is 0 Å². The number of fused-ring (bicyclic) bond motifs is 1. The molecule has 0 aromatic heterocycles. The van der Waals surface area contributed by atoms with Gasteiger partial charge >= 0.3 is 5.97 Å². The zero-order valence-electron chi connectivity index (χ0n) is 24.1. The average Bonchev–Trinajstić information content (AvgIpc) is 3.57. The molecular formula is C30H47N3O7. The molecule has 3 aliphatic rings. The van der Waals surface area contributed by atoms with E-state index in [2.05, 4.69) is 25.4 Å². The second-order valence-electron chi connectivity index (χ2n) is 11.2. The van der Waals surface area contributed by atoms with Gasteiger partial charge < -0.3 is 29.7 Å². The Bertz CT molecular complexity index is 940. The van der Waals surface area contributed by atoms with Crippen LogP contribution in [0.15, 0.2) is 25.3 Å². The van der Waals surface area contributed by atoms with Gasteiger partial charge in [-0.2, -0.15) is 0 Å². The second kappa shape index (κ2) is 14.8. The predicted molar refractivity (Wildman–Crippen MR) is 150 cm³/mol. The van der Waals surface area contributed by atoms with Crippen LogP contribution in [0.3, 0.4) is 0 Å². The van der Waals surface area contributed by atoms with E-state index < -0.39 is 41.7 Å². The van der Waals surface area contributed by atoms with E-state index in [1.54, 1.807) is 28.9 Å². The monoisotopic (exact) mass is 561 g/mol. The average molecular weight is 562 g/mol. The van der Waals surface area contributed by atoms with Crippen LogP contribution in [-0.2, 0) is 28.7 Å². The maximum absolute atomic E-state index is 14.1. The summed E-state index contributed by atoms with van der Waals surface area (Å²) >= 11 is 0. The van der Waals surface area contributed by atoms with Crippen molar-refractivity contribution in [3.63, 3.8) is 0 Å². The van der Waals surface area contributed by atoms with Crippen LogP contribution in [0.1, 0.15) is 71.6 Å². The molecule has 3 heterocycles. The molecule has 0 aliphatic carbocycles. The maximum Gasteiger partial charge on any atom is 0.312 e. The number of unbranched alkanes of at least 4 members (excludes halogenated alkanes) is 3. The summed E-state index contributed by atoms with van der Waals surface area (Å²) in [4.78, 5) is 56.8. The number of hydrogen-bond donors (Lipinski definition) is 2. The highest BCUT2D eigenvalue weighted by Crippen LogP contribution is 2.58. The summed E-state index contributed by atoms with van der Waals surface area (Å²) in [5.41, 5.74) is -1.09. The summed E-state index contributed by atoms with van der Waals surface area (Å²) in [6.07, 6.45) is 8.08. The first-order valence-electron chi connectivity index (χ1n) is 14.8. The SMILES string of the molecule is C=CCCC(=O)NC[C@@H](C)OC(=O)[C@@H]1[C@@H]2CC[C@]3(O2)[C@H](C(=O)N(CC=C)CCCCC)N(CCCCO)C(=O)[C@@H]13. The molecule has 3 fully saturated rings. The summed E-state index contributed by atoms with van der Waals surface area (Å²) in [7, 11) is 0. The van der Waals surface area contributed by atoms with Crippen molar-refractivity contribution in [2.24, 2.45) is 11.8 Å². The number of aliphatic hydroxyl groups excluding tert-OH is 1. The van der Waals surface area contributed by atoms with Crippen molar-refractivity contribution in [2.75, 3.05) is 32.8 Å². The molecule has 3 aliphatic heterocycles. The Morgan fingerprint density at radius 1 is 1.25 bits per heavy atom. The third-order valence-electron chi connectivity index (χ3n) is 8.29. The summed E-state index contributed by atoms with van der Waals surface area (Å²) < 4.78 is 12.2. The number of carbonyl (C=O) groups is 4. The molecular weight excluding hydrogens is 514 g/mol. The summed E-state index contributed by atoms with van der Waals surface area (Å²) in [5, 5.41) is 12.1. The van der Waals surface area contributed by atoms with Crippen molar-refractivity contribution in [2.45, 2.75) is 95.5 Å². The zero-order valence-corrected chi connectivity index (χ0v) is 24.1. The van der Waals surface area contributed by atoms with E-state index in [1.807, 2.05) is 0 Å². The van der Waals surface area contributed by atoms with Crippen molar-refractivity contribution < 1.29 is 33.8 Å². The van der Waals surface area contributed by atoms with Gasteiger partial charge in [0, 0.05) is 32.7 Å². The van der Waals surface area contributed by atoms with E-state index in [9.17, 15) is 24.3 Å². The predicted octanol–water partition coefficient (Wildman–Crippen LogP) is 2.35. The lowest BCUT2D eigenvalue weighted by Gasteiger charge is -2.36. The molecule has 224 valence electrons. The van der Waals surface area contributed by atoms with E-state index in [0.29, 0.717) is 58.2 Å². The molecule has 0 saturated carbocycles. The Labute approximate surface area is 238 Å². The first kappa shape index (κ1) is 31.8. The topological polar surface area (TPSA) is 125 Å². The van der Waals surface area contributed by atoms with Crippen LogP contribution in [-0.4, -0.2) is 95.2 Å². The minimum atomic E-state index is -1.09. The Morgan fingerprint density at radius 3 is 2.70 bits per heavy atom. The Balaban J connectivity index is 1.81. The van der Waals surface area contributed by atoms with E-state index in [-0.39, 0.29) is 30.9 Å². The molecule has 10 nitrogen and oxygen atoms in total. The number of hydrogen-bond acceptors (Lipinski definition) is 7. The van der Waals surface area contributed by atoms with Gasteiger partial charge in [-0.15, -0.1) is 13.2 Å². The standard InChI is InChI=1S/C30H47N3O7/c1-5-8-10-17-32(16-7-3)28(37)26-30-15-14-22(40-30)24(25(30)27(36)33(26)18-11-12-19-34)29(38)39-21(4)20-31-23(35)13-9-6-2/h6-7,21-22,24-26,34H,2-3,5,8-20H2,1,4H3,(H,31,35)/t21-,22+,24-,25-,26+,30-/m1/s1. The summed E-state index contributed by atoms with van der Waals surface area (Å²) in [6.45, 7) is 12.6. The van der Waals surface area contributed by atoms with Crippen molar-refractivity contribution >= 4 is 23.7 Å². The van der Waals surface area contributed by atoms with Crippen LogP contribution >= 0.6 is 0 Å². The van der Waals surface area contributed by atoms with Gasteiger partial charge in [0.05, 0.1) is 24.5 Å². The van der Waals surface area contributed by atoms with E-state index in [4.69, 9.17) is 9.47 Å². The lowest BCUT2D eigenvalue weighted by atomic mass is 9.70. The number of aliphatic hydroxyl groups is 1. The minimum absolute atomic E-state index is 0.00956. The van der Waals surface area contributed by atoms with Gasteiger partial charge in [-0.05, 0) is 45.4 Å². The number of carbonyl (C=O) groups excluding carboxylic acids is 4. The van der Waals surface area contributed by atoms with E-state index in [1.165, 1.54) is 0 Å². The quantitative estimate of drug-likeness (QED) is 0.150. The molecule has 0 aromatic carbocycles. The number of amides is 3. The van der Waals surface area contributed by atoms with Crippen LogP contribution in [0.4, 0.5) is 0 Å².